The number of nitrogens with zero attached hydrogens (tertiary/aromatic N) is 1. The molecule has 0 spiro atoms. The van der Waals surface area contributed by atoms with Gasteiger partial charge in [-0.25, -0.2) is 0 Å². The van der Waals surface area contributed by atoms with E-state index in [1.165, 1.54) is 45.3 Å². The Bertz CT molecular complexity index is 141. The van der Waals surface area contributed by atoms with Crippen molar-refractivity contribution in [3.8, 4) is 0 Å². The predicted octanol–water partition coefficient (Wildman–Crippen LogP) is 2.11. The maximum absolute atomic E-state index is 3.48. The summed E-state index contributed by atoms with van der Waals surface area (Å²) in [6.07, 6.45) is 5.53. The summed E-state index contributed by atoms with van der Waals surface area (Å²) >= 11 is 0. The molecular weight excluding hydrogens is 172 g/mol. The lowest BCUT2D eigenvalue weighted by Crippen LogP contribution is -2.24. The molecule has 1 saturated carbocycles. The fourth-order valence-electron chi connectivity index (χ4n) is 1.70. The molecular formula is C12H26N2. The molecule has 1 aliphatic rings. The molecule has 1 rings (SSSR count). The highest BCUT2D eigenvalue weighted by Gasteiger charge is 2.25. The highest BCUT2D eigenvalue weighted by atomic mass is 15.1. The van der Waals surface area contributed by atoms with Crippen LogP contribution < -0.4 is 5.32 Å². The minimum absolute atomic E-state index is 0.782. The lowest BCUT2D eigenvalue weighted by atomic mass is 10.2. The maximum atomic E-state index is 3.48. The molecule has 0 aromatic heterocycles. The Morgan fingerprint density at radius 2 is 2.00 bits per heavy atom. The molecule has 0 aliphatic heterocycles. The second kappa shape index (κ2) is 6.41. The molecule has 0 radical (unpaired) electrons. The van der Waals surface area contributed by atoms with Crippen molar-refractivity contribution in [2.24, 2.45) is 5.92 Å². The largest absolute Gasteiger partial charge is 0.316 e. The fourth-order valence-corrected chi connectivity index (χ4v) is 1.70. The van der Waals surface area contributed by atoms with Crippen LogP contribution in [-0.2, 0) is 0 Å². The summed E-state index contributed by atoms with van der Waals surface area (Å²) in [5.74, 6) is 0.782. The van der Waals surface area contributed by atoms with Crippen LogP contribution in [0.1, 0.15) is 39.5 Å². The quantitative estimate of drug-likeness (QED) is 0.601. The second-order valence-electron chi connectivity index (χ2n) is 5.02. The molecule has 1 fully saturated rings. The van der Waals surface area contributed by atoms with E-state index in [0.29, 0.717) is 0 Å². The second-order valence-corrected chi connectivity index (χ2v) is 5.02. The van der Waals surface area contributed by atoms with Gasteiger partial charge in [0.2, 0.25) is 0 Å². The van der Waals surface area contributed by atoms with E-state index in [2.05, 4.69) is 31.1 Å². The van der Waals surface area contributed by atoms with Crippen LogP contribution in [0.5, 0.6) is 0 Å². The zero-order valence-electron chi connectivity index (χ0n) is 10.1. The Morgan fingerprint density at radius 1 is 1.29 bits per heavy atom. The average molecular weight is 198 g/mol. The first-order valence-corrected chi connectivity index (χ1v) is 6.11. The molecule has 0 unspecified atom stereocenters. The van der Waals surface area contributed by atoms with E-state index in [0.717, 1.165) is 12.0 Å². The van der Waals surface area contributed by atoms with E-state index in [-0.39, 0.29) is 0 Å². The van der Waals surface area contributed by atoms with Crippen LogP contribution in [0.25, 0.3) is 0 Å². The smallest absolute Gasteiger partial charge is 0.00933 e. The first kappa shape index (κ1) is 12.0. The Labute approximate surface area is 89.1 Å². The number of nitrogens with one attached hydrogen (secondary N) is 1. The summed E-state index contributed by atoms with van der Waals surface area (Å²) in [6, 6.07) is 0.929. The van der Waals surface area contributed by atoms with Gasteiger partial charge < -0.3 is 10.2 Å². The molecule has 0 aromatic rings. The van der Waals surface area contributed by atoms with Crippen molar-refractivity contribution >= 4 is 0 Å². The molecule has 14 heavy (non-hydrogen) atoms. The van der Waals surface area contributed by atoms with Crippen molar-refractivity contribution in [3.63, 3.8) is 0 Å². The normalized spacial score (nSPS) is 16.9. The lowest BCUT2D eigenvalue weighted by molar-refractivity contribution is 0.315. The van der Waals surface area contributed by atoms with Crippen molar-refractivity contribution in [1.29, 1.82) is 0 Å². The maximum Gasteiger partial charge on any atom is 0.00933 e. The van der Waals surface area contributed by atoms with E-state index in [1.54, 1.807) is 0 Å². The molecule has 0 amide bonds. The SMILES string of the molecule is CC(C)CNCCCCN(C)C1CC1. The molecule has 1 aliphatic carbocycles. The molecule has 0 bridgehead atoms. The Balaban J connectivity index is 1.79. The van der Waals surface area contributed by atoms with Gasteiger partial charge in [0, 0.05) is 6.04 Å². The van der Waals surface area contributed by atoms with Gasteiger partial charge in [-0.05, 0) is 58.3 Å². The topological polar surface area (TPSA) is 15.3 Å². The fraction of sp³-hybridized carbons (Fsp3) is 1.00. The van der Waals surface area contributed by atoms with Gasteiger partial charge in [0.1, 0.15) is 0 Å². The third kappa shape index (κ3) is 5.61. The summed E-state index contributed by atoms with van der Waals surface area (Å²) in [7, 11) is 2.26. The van der Waals surface area contributed by atoms with Crippen molar-refractivity contribution < 1.29 is 0 Å². The molecule has 2 nitrogen and oxygen atoms in total. The zero-order chi connectivity index (χ0) is 10.4. The molecule has 2 heteroatoms. The molecule has 0 aromatic carbocycles. The molecule has 0 atom stereocenters. The first-order valence-electron chi connectivity index (χ1n) is 6.11. The summed E-state index contributed by atoms with van der Waals surface area (Å²) in [5, 5.41) is 3.48. The van der Waals surface area contributed by atoms with Gasteiger partial charge in [-0.2, -0.15) is 0 Å². The number of rotatable bonds is 8. The third-order valence-corrected chi connectivity index (χ3v) is 2.84. The van der Waals surface area contributed by atoms with E-state index < -0.39 is 0 Å². The van der Waals surface area contributed by atoms with Gasteiger partial charge in [0.15, 0.2) is 0 Å². The molecule has 0 saturated heterocycles. The van der Waals surface area contributed by atoms with Crippen molar-refractivity contribution in [2.45, 2.75) is 45.6 Å². The average Bonchev–Trinajstić information content (AvgIpc) is 2.92. The Hall–Kier alpha value is -0.0800. The molecule has 1 N–H and O–H groups in total. The van der Waals surface area contributed by atoms with E-state index >= 15 is 0 Å². The summed E-state index contributed by atoms with van der Waals surface area (Å²) in [5.41, 5.74) is 0. The van der Waals surface area contributed by atoms with Crippen LogP contribution in [-0.4, -0.2) is 37.6 Å². The highest BCUT2D eigenvalue weighted by molar-refractivity contribution is 4.82. The molecule has 0 heterocycles. The monoisotopic (exact) mass is 198 g/mol. The van der Waals surface area contributed by atoms with Crippen LogP contribution in [0.15, 0.2) is 0 Å². The van der Waals surface area contributed by atoms with Gasteiger partial charge in [0.05, 0.1) is 0 Å². The van der Waals surface area contributed by atoms with Crippen LogP contribution >= 0.6 is 0 Å². The third-order valence-electron chi connectivity index (χ3n) is 2.84. The van der Waals surface area contributed by atoms with Gasteiger partial charge in [-0.3, -0.25) is 0 Å². The van der Waals surface area contributed by atoms with Crippen LogP contribution in [0.3, 0.4) is 0 Å². The Morgan fingerprint density at radius 3 is 2.57 bits per heavy atom. The number of hydrogen-bond acceptors (Lipinski definition) is 2. The standard InChI is InChI=1S/C12H26N2/c1-11(2)10-13-8-4-5-9-14(3)12-6-7-12/h11-13H,4-10H2,1-3H3. The number of unbranched alkanes of at least 4 members (excludes halogenated alkanes) is 1. The first-order chi connectivity index (χ1) is 6.70. The van der Waals surface area contributed by atoms with Crippen molar-refractivity contribution in [1.82, 2.24) is 10.2 Å². The minimum atomic E-state index is 0.782. The van der Waals surface area contributed by atoms with E-state index in [9.17, 15) is 0 Å². The lowest BCUT2D eigenvalue weighted by Gasteiger charge is -2.15. The van der Waals surface area contributed by atoms with E-state index in [1.807, 2.05) is 0 Å². The summed E-state index contributed by atoms with van der Waals surface area (Å²) in [4.78, 5) is 2.52. The van der Waals surface area contributed by atoms with Crippen LogP contribution in [0.4, 0.5) is 0 Å². The Kier molecular flexibility index (Phi) is 5.49. The van der Waals surface area contributed by atoms with E-state index in [4.69, 9.17) is 0 Å². The number of hydrogen-bond donors (Lipinski definition) is 1. The van der Waals surface area contributed by atoms with Gasteiger partial charge in [-0.15, -0.1) is 0 Å². The van der Waals surface area contributed by atoms with Crippen molar-refractivity contribution in [3.05, 3.63) is 0 Å². The predicted molar refractivity (Wildman–Crippen MR) is 62.6 cm³/mol. The molecule has 84 valence electrons. The minimum Gasteiger partial charge on any atom is -0.316 e. The van der Waals surface area contributed by atoms with Gasteiger partial charge in [0.25, 0.3) is 0 Å². The summed E-state index contributed by atoms with van der Waals surface area (Å²) < 4.78 is 0. The van der Waals surface area contributed by atoms with Crippen molar-refractivity contribution in [2.75, 3.05) is 26.7 Å². The highest BCUT2D eigenvalue weighted by Crippen LogP contribution is 2.25. The van der Waals surface area contributed by atoms with Crippen LogP contribution in [0.2, 0.25) is 0 Å². The van der Waals surface area contributed by atoms with Gasteiger partial charge in [-0.1, -0.05) is 13.8 Å². The zero-order valence-corrected chi connectivity index (χ0v) is 10.1. The van der Waals surface area contributed by atoms with Crippen LogP contribution in [0, 0.1) is 5.92 Å². The summed E-state index contributed by atoms with van der Waals surface area (Å²) in [6.45, 7) is 8.16. The van der Waals surface area contributed by atoms with Gasteiger partial charge >= 0.3 is 0 Å².